The van der Waals surface area contributed by atoms with Crippen LogP contribution in [0.2, 0.25) is 0 Å². The number of nitrogens with zero attached hydrogens (tertiary/aromatic N) is 3. The van der Waals surface area contributed by atoms with Crippen LogP contribution >= 0.6 is 0 Å². The van der Waals surface area contributed by atoms with Gasteiger partial charge in [-0.2, -0.15) is 0 Å². The average Bonchev–Trinajstić information content (AvgIpc) is 3.73. The highest BCUT2D eigenvalue weighted by atomic mass is 16.3. The molecule has 7 aromatic carbocycles. The van der Waals surface area contributed by atoms with Crippen LogP contribution in [0.15, 0.2) is 205 Å². The Hall–Kier alpha value is -7.69. The number of aromatic nitrogens is 3. The molecule has 9 aromatic rings. The summed E-state index contributed by atoms with van der Waals surface area (Å²) in [4.78, 5) is 15.4. The third-order valence-electron chi connectivity index (χ3n) is 12.0. The van der Waals surface area contributed by atoms with Gasteiger partial charge in [-0.1, -0.05) is 188 Å². The second kappa shape index (κ2) is 15.8. The molecule has 1 atom stereocenters. The van der Waals surface area contributed by atoms with Crippen molar-refractivity contribution in [2.45, 2.75) is 25.2 Å². The lowest BCUT2D eigenvalue weighted by atomic mass is 9.83. The molecule has 61 heavy (non-hydrogen) atoms. The van der Waals surface area contributed by atoms with Crippen LogP contribution in [0.25, 0.3) is 84.6 Å². The molecule has 0 spiro atoms. The van der Waals surface area contributed by atoms with E-state index in [2.05, 4.69) is 176 Å². The number of fused-ring (bicyclic) bond motifs is 3. The number of rotatable bonds is 8. The van der Waals surface area contributed by atoms with Crippen molar-refractivity contribution >= 4 is 28.2 Å². The maximum atomic E-state index is 6.66. The molecule has 0 radical (unpaired) electrons. The molecule has 0 N–H and O–H groups in total. The van der Waals surface area contributed by atoms with Crippen molar-refractivity contribution in [3.05, 3.63) is 228 Å². The summed E-state index contributed by atoms with van der Waals surface area (Å²) in [5.41, 5.74) is 15.8. The van der Waals surface area contributed by atoms with Crippen LogP contribution in [-0.2, 0) is 6.42 Å². The van der Waals surface area contributed by atoms with Crippen LogP contribution in [0, 0.1) is 0 Å². The Morgan fingerprint density at radius 3 is 1.70 bits per heavy atom. The van der Waals surface area contributed by atoms with Crippen molar-refractivity contribution in [3.8, 4) is 56.4 Å². The lowest BCUT2D eigenvalue weighted by molar-refractivity contribution is 0.548. The Morgan fingerprint density at radius 1 is 0.459 bits per heavy atom. The lowest BCUT2D eigenvalue weighted by Gasteiger charge is -2.21. The van der Waals surface area contributed by atoms with Crippen molar-refractivity contribution in [2.75, 3.05) is 0 Å². The standard InChI is InChI=1S/C57H41N3O/c1-5-15-38(16-6-1)41-27-29-43(30-28-41)56-58-55(42-21-11-4-12-22-42)59-57(60-56)50-25-14-26-53-54(50)51-37-46(31-32-52(51)61-53)49-35-47(40-19-9-3-10-20-40)34-48(36-49)45-24-13-23-44(33-45)39-17-7-2-8-18-39/h1-23,25-30,33-37,45H,24,31-32H2. The second-order valence-electron chi connectivity index (χ2n) is 15.8. The summed E-state index contributed by atoms with van der Waals surface area (Å²) in [6.45, 7) is 0. The SMILES string of the molecule is C1=CC(c2ccccc2)=CC(c2cc(C3=Cc4c(oc5cccc(-c6nc(-c7ccccc7)nc(-c7ccc(-c8ccccc8)cc7)n6)c45)CC3)cc(-c3ccccc3)c2)C1. The number of allylic oxidation sites excluding steroid dienone is 5. The fraction of sp³-hybridized carbons (Fsp3) is 0.0702. The predicted molar refractivity (Wildman–Crippen MR) is 250 cm³/mol. The quantitative estimate of drug-likeness (QED) is 0.154. The molecule has 4 nitrogen and oxygen atoms in total. The summed E-state index contributed by atoms with van der Waals surface area (Å²) < 4.78 is 6.66. The summed E-state index contributed by atoms with van der Waals surface area (Å²) in [6, 6.07) is 63.9. The molecule has 1 unspecified atom stereocenters. The van der Waals surface area contributed by atoms with Gasteiger partial charge in [0.05, 0.1) is 0 Å². The largest absolute Gasteiger partial charge is 0.460 e. The van der Waals surface area contributed by atoms with Gasteiger partial charge >= 0.3 is 0 Å². The van der Waals surface area contributed by atoms with Crippen LogP contribution in [0.1, 0.15) is 46.8 Å². The van der Waals surface area contributed by atoms with Crippen molar-refractivity contribution < 1.29 is 4.42 Å². The molecule has 0 amide bonds. The van der Waals surface area contributed by atoms with E-state index in [1.54, 1.807) is 0 Å². The van der Waals surface area contributed by atoms with E-state index in [0.717, 1.165) is 63.8 Å². The van der Waals surface area contributed by atoms with Gasteiger partial charge in [0.25, 0.3) is 0 Å². The summed E-state index contributed by atoms with van der Waals surface area (Å²) in [6.07, 6.45) is 12.0. The predicted octanol–water partition coefficient (Wildman–Crippen LogP) is 14.6. The molecular weight excluding hydrogens is 743 g/mol. The molecule has 2 aliphatic rings. The molecule has 0 saturated heterocycles. The smallest absolute Gasteiger partial charge is 0.164 e. The fourth-order valence-electron chi connectivity index (χ4n) is 8.84. The zero-order valence-electron chi connectivity index (χ0n) is 33.6. The van der Waals surface area contributed by atoms with Gasteiger partial charge in [-0.05, 0) is 81.1 Å². The third-order valence-corrected chi connectivity index (χ3v) is 12.0. The van der Waals surface area contributed by atoms with Crippen LogP contribution in [0.4, 0.5) is 0 Å². The fourth-order valence-corrected chi connectivity index (χ4v) is 8.84. The normalized spacial score (nSPS) is 14.7. The minimum atomic E-state index is 0.259. The minimum Gasteiger partial charge on any atom is -0.460 e. The van der Waals surface area contributed by atoms with E-state index in [1.807, 2.05) is 30.3 Å². The Morgan fingerprint density at radius 2 is 1.02 bits per heavy atom. The summed E-state index contributed by atoms with van der Waals surface area (Å²) in [5.74, 6) is 3.13. The Bertz CT molecular complexity index is 3130. The molecular formula is C57H41N3O. The van der Waals surface area contributed by atoms with Crippen LogP contribution in [-0.4, -0.2) is 15.0 Å². The van der Waals surface area contributed by atoms with E-state index in [1.165, 1.54) is 44.5 Å². The second-order valence-corrected chi connectivity index (χ2v) is 15.8. The van der Waals surface area contributed by atoms with Gasteiger partial charge in [-0.15, -0.1) is 0 Å². The molecule has 4 heteroatoms. The molecule has 2 aromatic heterocycles. The molecule has 0 fully saturated rings. The van der Waals surface area contributed by atoms with Crippen LogP contribution < -0.4 is 0 Å². The summed E-state index contributed by atoms with van der Waals surface area (Å²) >= 11 is 0. The molecule has 2 heterocycles. The van der Waals surface area contributed by atoms with Crippen molar-refractivity contribution in [1.29, 1.82) is 0 Å². The topological polar surface area (TPSA) is 51.8 Å². The minimum absolute atomic E-state index is 0.259. The number of furan rings is 1. The monoisotopic (exact) mass is 783 g/mol. The van der Waals surface area contributed by atoms with Gasteiger partial charge in [0.15, 0.2) is 17.5 Å². The van der Waals surface area contributed by atoms with Gasteiger partial charge in [0, 0.05) is 40.0 Å². The van der Waals surface area contributed by atoms with Crippen molar-refractivity contribution in [2.24, 2.45) is 0 Å². The summed E-state index contributed by atoms with van der Waals surface area (Å²) in [7, 11) is 0. The van der Waals surface area contributed by atoms with E-state index < -0.39 is 0 Å². The van der Waals surface area contributed by atoms with Gasteiger partial charge in [0.1, 0.15) is 11.3 Å². The maximum Gasteiger partial charge on any atom is 0.164 e. The van der Waals surface area contributed by atoms with Gasteiger partial charge in [-0.3, -0.25) is 0 Å². The number of aryl methyl sites for hydroxylation is 1. The first-order valence-electron chi connectivity index (χ1n) is 21.1. The van der Waals surface area contributed by atoms with Crippen molar-refractivity contribution in [3.63, 3.8) is 0 Å². The van der Waals surface area contributed by atoms with Gasteiger partial charge < -0.3 is 4.42 Å². The van der Waals surface area contributed by atoms with E-state index in [0.29, 0.717) is 17.5 Å². The zero-order chi connectivity index (χ0) is 40.5. The Kier molecular flexibility index (Phi) is 9.44. The highest BCUT2D eigenvalue weighted by molar-refractivity contribution is 6.03. The summed E-state index contributed by atoms with van der Waals surface area (Å²) in [5, 5.41) is 1.03. The number of hydrogen-bond acceptors (Lipinski definition) is 4. The van der Waals surface area contributed by atoms with Gasteiger partial charge in [-0.25, -0.2) is 15.0 Å². The van der Waals surface area contributed by atoms with Crippen molar-refractivity contribution in [1.82, 2.24) is 15.0 Å². The number of benzene rings is 7. The first-order valence-corrected chi connectivity index (χ1v) is 21.1. The van der Waals surface area contributed by atoms with E-state index in [4.69, 9.17) is 19.4 Å². The van der Waals surface area contributed by atoms with E-state index >= 15 is 0 Å². The number of hydrogen-bond donors (Lipinski definition) is 0. The zero-order valence-corrected chi connectivity index (χ0v) is 33.6. The molecule has 11 rings (SSSR count). The molecule has 2 aliphatic carbocycles. The van der Waals surface area contributed by atoms with Crippen LogP contribution in [0.3, 0.4) is 0 Å². The highest BCUT2D eigenvalue weighted by Crippen LogP contribution is 2.43. The lowest BCUT2D eigenvalue weighted by Crippen LogP contribution is -2.03. The first-order chi connectivity index (χ1) is 30.2. The third kappa shape index (κ3) is 7.23. The molecule has 0 bridgehead atoms. The van der Waals surface area contributed by atoms with Gasteiger partial charge in [0.2, 0.25) is 0 Å². The molecule has 290 valence electrons. The maximum absolute atomic E-state index is 6.66. The molecule has 0 aliphatic heterocycles. The average molecular weight is 784 g/mol. The van der Waals surface area contributed by atoms with Crippen LogP contribution in [0.5, 0.6) is 0 Å². The van der Waals surface area contributed by atoms with E-state index in [-0.39, 0.29) is 5.92 Å². The molecule has 0 saturated carbocycles. The Balaban J connectivity index is 1.03. The first kappa shape index (κ1) is 36.4. The van der Waals surface area contributed by atoms with E-state index in [9.17, 15) is 0 Å². The highest BCUT2D eigenvalue weighted by Gasteiger charge is 2.25. The Labute approximate surface area is 356 Å².